The summed E-state index contributed by atoms with van der Waals surface area (Å²) in [5.41, 5.74) is 3.84. The second kappa shape index (κ2) is 10.1. The van der Waals surface area contributed by atoms with Gasteiger partial charge in [-0.15, -0.1) is 0 Å². The second-order valence-corrected chi connectivity index (χ2v) is 8.50. The summed E-state index contributed by atoms with van der Waals surface area (Å²) in [4.78, 5) is 30.4. The van der Waals surface area contributed by atoms with Crippen LogP contribution in [0.1, 0.15) is 36.6 Å². The number of ketones is 1. The lowest BCUT2D eigenvalue weighted by Gasteiger charge is -2.27. The van der Waals surface area contributed by atoms with Gasteiger partial charge in [-0.1, -0.05) is 36.4 Å². The first-order valence-corrected chi connectivity index (χ1v) is 11.8. The molecule has 0 aliphatic carbocycles. The molecule has 1 fully saturated rings. The lowest BCUT2D eigenvalue weighted by atomic mass is 9.94. The Morgan fingerprint density at radius 2 is 1.66 bits per heavy atom. The van der Waals surface area contributed by atoms with Crippen LogP contribution in [0, 0.1) is 6.92 Å². The quantitative estimate of drug-likeness (QED) is 0.281. The first-order chi connectivity index (χ1) is 16.9. The number of amides is 1. The molecule has 1 N–H and O–H groups in total. The minimum atomic E-state index is -0.770. The molecule has 1 aliphatic rings. The topological polar surface area (TPSA) is 70.1 Å². The molecule has 1 aliphatic heterocycles. The predicted molar refractivity (Wildman–Crippen MR) is 139 cm³/mol. The van der Waals surface area contributed by atoms with Gasteiger partial charge in [-0.2, -0.15) is 0 Å². The van der Waals surface area contributed by atoms with Crippen LogP contribution >= 0.6 is 0 Å². The second-order valence-electron chi connectivity index (χ2n) is 8.50. The van der Waals surface area contributed by atoms with Crippen LogP contribution in [0.4, 0.5) is 11.4 Å². The van der Waals surface area contributed by atoms with Crippen LogP contribution < -0.4 is 14.5 Å². The Labute approximate surface area is 206 Å². The van der Waals surface area contributed by atoms with Gasteiger partial charge in [0.25, 0.3) is 11.7 Å². The van der Waals surface area contributed by atoms with Gasteiger partial charge in [-0.05, 0) is 68.3 Å². The summed E-state index contributed by atoms with van der Waals surface area (Å²) < 4.78 is 5.29. The summed E-state index contributed by atoms with van der Waals surface area (Å²) in [5.74, 6) is -1.07. The Bertz CT molecular complexity index is 1280. The van der Waals surface area contributed by atoms with Crippen molar-refractivity contribution in [1.29, 1.82) is 0 Å². The molecule has 3 aromatic rings. The molecule has 0 aromatic heterocycles. The zero-order valence-electron chi connectivity index (χ0n) is 20.5. The normalized spacial score (nSPS) is 17.0. The Balaban J connectivity index is 1.90. The summed E-state index contributed by atoms with van der Waals surface area (Å²) in [6.45, 7) is 7.86. The molecule has 1 saturated heterocycles. The fourth-order valence-corrected chi connectivity index (χ4v) is 4.57. The molecule has 1 heterocycles. The third-order valence-corrected chi connectivity index (χ3v) is 6.40. The van der Waals surface area contributed by atoms with E-state index in [4.69, 9.17) is 4.74 Å². The number of hydrogen-bond acceptors (Lipinski definition) is 5. The first kappa shape index (κ1) is 24.1. The van der Waals surface area contributed by atoms with Crippen molar-refractivity contribution in [3.8, 4) is 5.75 Å². The number of aliphatic hydroxyl groups is 1. The number of aliphatic hydroxyl groups excluding tert-OH is 1. The number of hydrogen-bond donors (Lipinski definition) is 1. The van der Waals surface area contributed by atoms with Gasteiger partial charge in [0.15, 0.2) is 0 Å². The van der Waals surface area contributed by atoms with Crippen LogP contribution in [-0.2, 0) is 9.59 Å². The largest absolute Gasteiger partial charge is 0.507 e. The Morgan fingerprint density at radius 1 is 0.971 bits per heavy atom. The highest BCUT2D eigenvalue weighted by Crippen LogP contribution is 2.42. The highest BCUT2D eigenvalue weighted by Gasteiger charge is 2.47. The molecule has 4 rings (SSSR count). The van der Waals surface area contributed by atoms with Crippen LogP contribution in [0.25, 0.3) is 5.76 Å². The van der Waals surface area contributed by atoms with Crippen molar-refractivity contribution in [3.05, 3.63) is 95.1 Å². The molecule has 180 valence electrons. The maximum Gasteiger partial charge on any atom is 0.300 e. The Hall–Kier alpha value is -4.06. The maximum absolute atomic E-state index is 13.3. The number of methoxy groups -OCH3 is 1. The molecule has 1 unspecified atom stereocenters. The van der Waals surface area contributed by atoms with Gasteiger partial charge < -0.3 is 14.7 Å². The number of Topliss-reactive ketones (excluding diaryl/α,β-unsaturated/α-hetero) is 1. The fourth-order valence-electron chi connectivity index (χ4n) is 4.57. The summed E-state index contributed by atoms with van der Waals surface area (Å²) in [6.07, 6.45) is 0. The molecule has 0 bridgehead atoms. The minimum absolute atomic E-state index is 0.0559. The average Bonchev–Trinajstić information content (AvgIpc) is 3.15. The molecular weight excluding hydrogens is 440 g/mol. The van der Waals surface area contributed by atoms with E-state index in [1.54, 1.807) is 30.3 Å². The number of aryl methyl sites for hydroxylation is 1. The van der Waals surface area contributed by atoms with Gasteiger partial charge >= 0.3 is 0 Å². The van der Waals surface area contributed by atoms with E-state index in [9.17, 15) is 14.7 Å². The SMILES string of the molecule is CCN(CC)c1ccc(C2/C(=C(\O)c3cccc(OC)c3)C(=O)C(=O)N2c2cccc(C)c2)cc1. The van der Waals surface area contributed by atoms with Gasteiger partial charge in [0, 0.05) is 30.0 Å². The monoisotopic (exact) mass is 470 g/mol. The van der Waals surface area contributed by atoms with Crippen molar-refractivity contribution in [2.24, 2.45) is 0 Å². The predicted octanol–water partition coefficient (Wildman–Crippen LogP) is 5.48. The summed E-state index contributed by atoms with van der Waals surface area (Å²) in [6, 6.07) is 21.4. The standard InChI is InChI=1S/C29H30N2O4/c1-5-30(6-2)22-15-13-20(14-16-22)26-25(27(32)21-10-8-12-24(18-21)35-4)28(33)29(34)31(26)23-11-7-9-19(3)17-23/h7-18,26,32H,5-6H2,1-4H3/b27-25+. The van der Waals surface area contributed by atoms with E-state index in [1.165, 1.54) is 12.0 Å². The van der Waals surface area contributed by atoms with Gasteiger partial charge in [-0.25, -0.2) is 0 Å². The Kier molecular flexibility index (Phi) is 6.92. The average molecular weight is 471 g/mol. The molecule has 3 aromatic carbocycles. The zero-order valence-corrected chi connectivity index (χ0v) is 20.5. The summed E-state index contributed by atoms with van der Waals surface area (Å²) in [7, 11) is 1.53. The maximum atomic E-state index is 13.3. The molecule has 6 nitrogen and oxygen atoms in total. The van der Waals surface area contributed by atoms with Crippen LogP contribution in [0.2, 0.25) is 0 Å². The molecule has 1 atom stereocenters. The highest BCUT2D eigenvalue weighted by atomic mass is 16.5. The third-order valence-electron chi connectivity index (χ3n) is 6.40. The van der Waals surface area contributed by atoms with Crippen molar-refractivity contribution >= 4 is 28.8 Å². The Morgan fingerprint density at radius 3 is 2.29 bits per heavy atom. The van der Waals surface area contributed by atoms with E-state index < -0.39 is 17.7 Å². The summed E-state index contributed by atoms with van der Waals surface area (Å²) in [5, 5.41) is 11.3. The number of rotatable bonds is 7. The minimum Gasteiger partial charge on any atom is -0.507 e. The third kappa shape index (κ3) is 4.52. The molecule has 0 spiro atoms. The lowest BCUT2D eigenvalue weighted by Crippen LogP contribution is -2.29. The number of nitrogens with zero attached hydrogens (tertiary/aromatic N) is 2. The van der Waals surface area contributed by atoms with Gasteiger partial charge in [0.2, 0.25) is 0 Å². The van der Waals surface area contributed by atoms with Crippen molar-refractivity contribution in [2.45, 2.75) is 26.8 Å². The van der Waals surface area contributed by atoms with Gasteiger partial charge in [-0.3, -0.25) is 14.5 Å². The van der Waals surface area contributed by atoms with Crippen molar-refractivity contribution in [2.75, 3.05) is 30.0 Å². The molecule has 6 heteroatoms. The van der Waals surface area contributed by atoms with Gasteiger partial charge in [0.05, 0.1) is 18.7 Å². The zero-order chi connectivity index (χ0) is 25.1. The number of carbonyl (C=O) groups is 2. The molecule has 35 heavy (non-hydrogen) atoms. The molecule has 1 amide bonds. The molecule has 0 radical (unpaired) electrons. The molecule has 0 saturated carbocycles. The smallest absolute Gasteiger partial charge is 0.300 e. The van der Waals surface area contributed by atoms with Crippen molar-refractivity contribution in [1.82, 2.24) is 0 Å². The van der Waals surface area contributed by atoms with Crippen LogP contribution in [0.15, 0.2) is 78.4 Å². The van der Waals surface area contributed by atoms with Crippen LogP contribution in [0.5, 0.6) is 5.75 Å². The van der Waals surface area contributed by atoms with Gasteiger partial charge in [0.1, 0.15) is 11.5 Å². The number of ether oxygens (including phenoxy) is 1. The van der Waals surface area contributed by atoms with E-state index in [0.29, 0.717) is 17.0 Å². The van der Waals surface area contributed by atoms with E-state index in [0.717, 1.165) is 29.9 Å². The first-order valence-electron chi connectivity index (χ1n) is 11.8. The van der Waals surface area contributed by atoms with Crippen LogP contribution in [-0.4, -0.2) is 37.0 Å². The van der Waals surface area contributed by atoms with Crippen molar-refractivity contribution in [3.63, 3.8) is 0 Å². The van der Waals surface area contributed by atoms with E-state index in [-0.39, 0.29) is 11.3 Å². The summed E-state index contributed by atoms with van der Waals surface area (Å²) >= 11 is 0. The van der Waals surface area contributed by atoms with Crippen molar-refractivity contribution < 1.29 is 19.4 Å². The number of anilines is 2. The van der Waals surface area contributed by atoms with E-state index in [2.05, 4.69) is 18.7 Å². The number of benzene rings is 3. The highest BCUT2D eigenvalue weighted by molar-refractivity contribution is 6.51. The fraction of sp³-hybridized carbons (Fsp3) is 0.241. The number of carbonyl (C=O) groups excluding carboxylic acids is 2. The molecular formula is C29H30N2O4. The van der Waals surface area contributed by atoms with E-state index in [1.807, 2.05) is 49.4 Å². The van der Waals surface area contributed by atoms with Crippen LogP contribution in [0.3, 0.4) is 0 Å². The van der Waals surface area contributed by atoms with E-state index >= 15 is 0 Å². The lowest BCUT2D eigenvalue weighted by molar-refractivity contribution is -0.132.